The molecule has 9 rings (SSSR count). The van der Waals surface area contributed by atoms with Crippen LogP contribution in [0.4, 0.5) is 0 Å². The molecule has 0 radical (unpaired) electrons. The van der Waals surface area contributed by atoms with E-state index in [4.69, 9.17) is 32.7 Å². The Bertz CT molecular complexity index is 2260. The minimum atomic E-state index is -1.35. The maximum atomic E-state index is 14.8. The van der Waals surface area contributed by atoms with E-state index in [1.165, 1.54) is 42.5 Å². The Hall–Kier alpha value is -4.61. The fraction of sp³-hybridized carbons (Fsp3) is 0.167. The van der Waals surface area contributed by atoms with Gasteiger partial charge in [-0.3, -0.25) is 19.3 Å². The Balaban J connectivity index is 1.05. The van der Waals surface area contributed by atoms with Crippen molar-refractivity contribution in [2.24, 2.45) is 11.8 Å². The Labute approximate surface area is 336 Å². The molecule has 8 nitrogen and oxygen atoms in total. The number of halogens is 4. The van der Waals surface area contributed by atoms with Crippen LogP contribution in [0.15, 0.2) is 121 Å². The molecule has 4 aliphatic rings. The molecule has 3 unspecified atom stereocenters. The highest BCUT2D eigenvalue weighted by atomic mass is 79.9. The van der Waals surface area contributed by atoms with Crippen LogP contribution in [0.25, 0.3) is 0 Å². The lowest BCUT2D eigenvalue weighted by Gasteiger charge is -2.55. The molecule has 5 aromatic rings. The van der Waals surface area contributed by atoms with E-state index in [0.717, 1.165) is 27.2 Å². The Kier molecular flexibility index (Phi) is 9.37. The monoisotopic (exact) mass is 885 g/mol. The molecule has 1 fully saturated rings. The zero-order valence-electron chi connectivity index (χ0n) is 28.0. The number of nitrogens with zero attached hydrogens (tertiary/aromatic N) is 1. The molecule has 1 saturated heterocycles. The fourth-order valence-electron chi connectivity index (χ4n) is 7.93. The Morgan fingerprint density at radius 1 is 0.667 bits per heavy atom. The third-order valence-electron chi connectivity index (χ3n) is 10.4. The molecule has 270 valence electrons. The SMILES string of the molecule is O=C(COC(=O)C(Cc1ccccc1)N1C(=O)C2C(C1=O)C1(Br)c3ccccc3C2(Br)c2ccccc21)c1ccc(OC(=O)c2ccc(Cl)c(Cl)c2)cc1. The summed E-state index contributed by atoms with van der Waals surface area (Å²) in [6, 6.07) is 33.2. The van der Waals surface area contributed by atoms with Crippen LogP contribution >= 0.6 is 55.1 Å². The van der Waals surface area contributed by atoms with Gasteiger partial charge in [-0.2, -0.15) is 0 Å². The molecule has 12 heteroatoms. The number of esters is 2. The van der Waals surface area contributed by atoms with Crippen molar-refractivity contribution in [3.05, 3.63) is 170 Å². The number of hydrogen-bond donors (Lipinski definition) is 0. The van der Waals surface area contributed by atoms with Gasteiger partial charge in [0.15, 0.2) is 12.4 Å². The lowest BCUT2D eigenvalue weighted by molar-refractivity contribution is -0.158. The second kappa shape index (κ2) is 13.9. The van der Waals surface area contributed by atoms with Crippen LogP contribution in [-0.4, -0.2) is 47.1 Å². The smallest absolute Gasteiger partial charge is 0.343 e. The average molecular weight is 888 g/mol. The van der Waals surface area contributed by atoms with Gasteiger partial charge in [0.2, 0.25) is 11.8 Å². The second-order valence-corrected chi connectivity index (χ2v) is 16.6. The van der Waals surface area contributed by atoms with E-state index in [1.807, 2.05) is 54.6 Å². The third kappa shape index (κ3) is 5.73. The van der Waals surface area contributed by atoms with Crippen LogP contribution in [0.1, 0.15) is 48.5 Å². The standard InChI is InChI=1S/C42H27Br2Cl2NO7/c43-41-27-10-4-5-11-28(27)42(44,30-13-7-6-12-29(30)41)36-35(41)37(49)47(38(36)50)33(20-23-8-2-1-3-9-23)40(52)53-22-34(48)24-14-17-26(18-15-24)54-39(51)25-16-19-31(45)32(46)21-25/h1-19,21,33,35-36H,20,22H2. The summed E-state index contributed by atoms with van der Waals surface area (Å²) >= 11 is 20.0. The summed E-state index contributed by atoms with van der Waals surface area (Å²) in [5.74, 6) is -4.72. The van der Waals surface area contributed by atoms with Crippen LogP contribution in [0.3, 0.4) is 0 Å². The first-order valence-corrected chi connectivity index (χ1v) is 19.2. The first-order chi connectivity index (χ1) is 25.9. The van der Waals surface area contributed by atoms with Gasteiger partial charge < -0.3 is 9.47 Å². The number of ketones is 1. The molecular formula is C42H27Br2Cl2NO7. The highest BCUT2D eigenvalue weighted by Crippen LogP contribution is 2.70. The highest BCUT2D eigenvalue weighted by Gasteiger charge is 2.73. The number of amides is 2. The van der Waals surface area contributed by atoms with Crippen molar-refractivity contribution in [2.75, 3.05) is 6.61 Å². The van der Waals surface area contributed by atoms with E-state index < -0.39 is 62.7 Å². The van der Waals surface area contributed by atoms with Crippen molar-refractivity contribution in [1.82, 2.24) is 4.90 Å². The zero-order chi connectivity index (χ0) is 37.9. The number of carbonyl (C=O) groups excluding carboxylic acids is 5. The van der Waals surface area contributed by atoms with Crippen molar-refractivity contribution >= 4 is 84.6 Å². The summed E-state index contributed by atoms with van der Waals surface area (Å²) in [7, 11) is 0. The molecule has 2 bridgehead atoms. The van der Waals surface area contributed by atoms with Gasteiger partial charge in [0.1, 0.15) is 11.8 Å². The number of ether oxygens (including phenoxy) is 2. The molecule has 54 heavy (non-hydrogen) atoms. The van der Waals surface area contributed by atoms with Gasteiger partial charge in [0.25, 0.3) is 0 Å². The van der Waals surface area contributed by atoms with Crippen molar-refractivity contribution in [3.8, 4) is 5.75 Å². The predicted octanol–water partition coefficient (Wildman–Crippen LogP) is 8.46. The first kappa shape index (κ1) is 36.4. The van der Waals surface area contributed by atoms with Crippen LogP contribution in [0.5, 0.6) is 5.75 Å². The summed E-state index contributed by atoms with van der Waals surface area (Å²) in [6.45, 7) is -0.656. The molecule has 3 atom stereocenters. The van der Waals surface area contributed by atoms with Crippen molar-refractivity contribution < 1.29 is 33.4 Å². The van der Waals surface area contributed by atoms with Gasteiger partial charge in [0, 0.05) is 12.0 Å². The zero-order valence-corrected chi connectivity index (χ0v) is 32.7. The second-order valence-electron chi connectivity index (χ2n) is 13.3. The number of likely N-dealkylation sites (tertiary alicyclic amines) is 1. The van der Waals surface area contributed by atoms with E-state index in [2.05, 4.69) is 31.9 Å². The third-order valence-corrected chi connectivity index (χ3v) is 13.8. The molecule has 0 N–H and O–H groups in total. The van der Waals surface area contributed by atoms with Crippen molar-refractivity contribution in [2.45, 2.75) is 21.1 Å². The van der Waals surface area contributed by atoms with Crippen molar-refractivity contribution in [3.63, 3.8) is 0 Å². The number of imide groups is 1. The molecular weight excluding hydrogens is 861 g/mol. The largest absolute Gasteiger partial charge is 0.456 e. The summed E-state index contributed by atoms with van der Waals surface area (Å²) in [5, 5.41) is 0.495. The summed E-state index contributed by atoms with van der Waals surface area (Å²) < 4.78 is 8.92. The molecule has 0 aromatic heterocycles. The average Bonchev–Trinajstić information content (AvgIpc) is 3.46. The van der Waals surface area contributed by atoms with Gasteiger partial charge in [-0.05, 0) is 70.3 Å². The number of rotatable bonds is 9. The summed E-state index contributed by atoms with van der Waals surface area (Å²) in [6.07, 6.45) is -0.0197. The van der Waals surface area contributed by atoms with Gasteiger partial charge in [-0.1, -0.05) is 134 Å². The van der Waals surface area contributed by atoms with E-state index in [9.17, 15) is 24.0 Å². The van der Waals surface area contributed by atoms with E-state index >= 15 is 0 Å². The molecule has 0 spiro atoms. The van der Waals surface area contributed by atoms with E-state index in [0.29, 0.717) is 10.6 Å². The quantitative estimate of drug-likeness (QED) is 0.0481. The van der Waals surface area contributed by atoms with Crippen LogP contribution in [-0.2, 0) is 34.2 Å². The van der Waals surface area contributed by atoms with Gasteiger partial charge in [-0.15, -0.1) is 0 Å². The molecule has 0 saturated carbocycles. The Morgan fingerprint density at radius 3 is 1.69 bits per heavy atom. The normalized spacial score (nSPS) is 22.6. The molecule has 2 amide bonds. The molecule has 1 heterocycles. The van der Waals surface area contributed by atoms with Gasteiger partial charge in [-0.25, -0.2) is 9.59 Å². The van der Waals surface area contributed by atoms with Crippen LogP contribution in [0, 0.1) is 11.8 Å². The maximum absolute atomic E-state index is 14.8. The topological polar surface area (TPSA) is 107 Å². The Morgan fingerprint density at radius 2 is 1.17 bits per heavy atom. The number of hydrogen-bond acceptors (Lipinski definition) is 7. The predicted molar refractivity (Wildman–Crippen MR) is 208 cm³/mol. The lowest BCUT2D eigenvalue weighted by Crippen LogP contribution is -2.56. The number of benzene rings is 5. The van der Waals surface area contributed by atoms with E-state index in [1.54, 1.807) is 24.3 Å². The minimum absolute atomic E-state index is 0.0197. The van der Waals surface area contributed by atoms with E-state index in [-0.39, 0.29) is 28.3 Å². The summed E-state index contributed by atoms with van der Waals surface area (Å²) in [5.41, 5.74) is 4.55. The number of Topliss-reactive ketones (excluding diaryl/α,β-unsaturated/α-hetero) is 1. The molecule has 3 aliphatic carbocycles. The van der Waals surface area contributed by atoms with Crippen LogP contribution in [0.2, 0.25) is 10.0 Å². The molecule has 1 aliphatic heterocycles. The summed E-state index contributed by atoms with van der Waals surface area (Å²) in [4.78, 5) is 70.5. The number of alkyl halides is 2. The van der Waals surface area contributed by atoms with Crippen LogP contribution < -0.4 is 4.74 Å². The van der Waals surface area contributed by atoms with Gasteiger partial charge in [0.05, 0.1) is 36.1 Å². The number of carbonyl (C=O) groups is 5. The van der Waals surface area contributed by atoms with Gasteiger partial charge >= 0.3 is 11.9 Å². The van der Waals surface area contributed by atoms with Crippen molar-refractivity contribution in [1.29, 1.82) is 0 Å². The highest BCUT2D eigenvalue weighted by molar-refractivity contribution is 9.10. The lowest BCUT2D eigenvalue weighted by atomic mass is 9.54. The first-order valence-electron chi connectivity index (χ1n) is 16.9. The minimum Gasteiger partial charge on any atom is -0.456 e. The maximum Gasteiger partial charge on any atom is 0.343 e. The fourth-order valence-corrected chi connectivity index (χ4v) is 10.5. The molecule has 5 aromatic carbocycles.